The molecule has 1 aromatic rings. The van der Waals surface area contributed by atoms with E-state index in [2.05, 4.69) is 5.32 Å². The second-order valence-corrected chi connectivity index (χ2v) is 3.32. The number of hydrogen-bond acceptors (Lipinski definition) is 3. The molecule has 4 nitrogen and oxygen atoms in total. The maximum absolute atomic E-state index is 11.2. The van der Waals surface area contributed by atoms with Gasteiger partial charge in [-0.2, -0.15) is 0 Å². The quantitative estimate of drug-likeness (QED) is 0.575. The van der Waals surface area contributed by atoms with E-state index in [1.54, 1.807) is 38.1 Å². The van der Waals surface area contributed by atoms with Crippen molar-refractivity contribution >= 4 is 11.9 Å². The van der Waals surface area contributed by atoms with Crippen molar-refractivity contribution in [3.8, 4) is 0 Å². The van der Waals surface area contributed by atoms with Gasteiger partial charge < -0.3 is 4.74 Å². The molecule has 15 heavy (non-hydrogen) atoms. The molecule has 0 aromatic heterocycles. The standard InChI is InChI=1S/C11H14N2O2/c1-8(2)15-11(14)13-10(12)9-6-4-3-5-7-9/h3-8H,1-2H3,(H2,12,13,14). The maximum Gasteiger partial charge on any atom is 0.413 e. The minimum absolute atomic E-state index is 0.0428. The number of alkyl carbamates (subject to hydrolysis) is 1. The molecule has 1 amide bonds. The van der Waals surface area contributed by atoms with Crippen molar-refractivity contribution in [2.45, 2.75) is 20.0 Å². The van der Waals surface area contributed by atoms with Gasteiger partial charge in [-0.3, -0.25) is 10.7 Å². The van der Waals surface area contributed by atoms with Crippen LogP contribution in [-0.2, 0) is 4.74 Å². The average molecular weight is 206 g/mol. The number of rotatable bonds is 2. The minimum atomic E-state index is -0.598. The van der Waals surface area contributed by atoms with Crippen molar-refractivity contribution in [2.75, 3.05) is 0 Å². The molecule has 0 saturated carbocycles. The van der Waals surface area contributed by atoms with Crippen molar-refractivity contribution in [3.63, 3.8) is 0 Å². The molecule has 0 spiro atoms. The molecule has 1 aromatic carbocycles. The lowest BCUT2D eigenvalue weighted by Gasteiger charge is -2.09. The lowest BCUT2D eigenvalue weighted by molar-refractivity contribution is 0.120. The van der Waals surface area contributed by atoms with Gasteiger partial charge in [0.25, 0.3) is 0 Å². The van der Waals surface area contributed by atoms with Gasteiger partial charge in [-0.05, 0) is 13.8 Å². The highest BCUT2D eigenvalue weighted by Crippen LogP contribution is 1.98. The van der Waals surface area contributed by atoms with E-state index in [1.807, 2.05) is 6.07 Å². The lowest BCUT2D eigenvalue weighted by atomic mass is 10.2. The van der Waals surface area contributed by atoms with Crippen LogP contribution in [0, 0.1) is 5.41 Å². The third kappa shape index (κ3) is 3.81. The topological polar surface area (TPSA) is 62.2 Å². The van der Waals surface area contributed by atoms with E-state index in [0.717, 1.165) is 0 Å². The Morgan fingerprint density at radius 2 is 1.93 bits per heavy atom. The highest BCUT2D eigenvalue weighted by Gasteiger charge is 2.08. The molecule has 0 radical (unpaired) electrons. The van der Waals surface area contributed by atoms with Crippen LogP contribution in [0.2, 0.25) is 0 Å². The summed E-state index contributed by atoms with van der Waals surface area (Å²) in [6.45, 7) is 3.51. The number of nitrogens with one attached hydrogen (secondary N) is 2. The van der Waals surface area contributed by atoms with E-state index in [0.29, 0.717) is 5.56 Å². The summed E-state index contributed by atoms with van der Waals surface area (Å²) in [5.74, 6) is 0.0428. The minimum Gasteiger partial charge on any atom is -0.447 e. The van der Waals surface area contributed by atoms with Crippen LogP contribution in [0.4, 0.5) is 4.79 Å². The Bertz CT molecular complexity index is 347. The number of ether oxygens (including phenoxy) is 1. The molecule has 0 saturated heterocycles. The molecule has 0 bridgehead atoms. The van der Waals surface area contributed by atoms with Crippen LogP contribution < -0.4 is 5.32 Å². The normalized spacial score (nSPS) is 9.80. The Hall–Kier alpha value is -1.84. The summed E-state index contributed by atoms with van der Waals surface area (Å²) in [5.41, 5.74) is 0.651. The Morgan fingerprint density at radius 1 is 1.33 bits per heavy atom. The first-order valence-corrected chi connectivity index (χ1v) is 4.71. The van der Waals surface area contributed by atoms with Crippen LogP contribution >= 0.6 is 0 Å². The third-order valence-corrected chi connectivity index (χ3v) is 1.63. The van der Waals surface area contributed by atoms with E-state index in [9.17, 15) is 4.79 Å². The highest BCUT2D eigenvalue weighted by molar-refractivity contribution is 6.04. The van der Waals surface area contributed by atoms with Gasteiger partial charge in [-0.1, -0.05) is 30.3 Å². The van der Waals surface area contributed by atoms with Crippen LogP contribution in [0.1, 0.15) is 19.4 Å². The summed E-state index contributed by atoms with van der Waals surface area (Å²) < 4.78 is 4.85. The van der Waals surface area contributed by atoms with E-state index in [4.69, 9.17) is 10.1 Å². The van der Waals surface area contributed by atoms with Gasteiger partial charge >= 0.3 is 6.09 Å². The number of amidine groups is 1. The van der Waals surface area contributed by atoms with Gasteiger partial charge in [0.2, 0.25) is 0 Å². The predicted molar refractivity (Wildman–Crippen MR) is 58.0 cm³/mol. The van der Waals surface area contributed by atoms with E-state index in [1.165, 1.54) is 0 Å². The smallest absolute Gasteiger partial charge is 0.413 e. The molecule has 2 N–H and O–H groups in total. The van der Waals surface area contributed by atoms with E-state index in [-0.39, 0.29) is 11.9 Å². The van der Waals surface area contributed by atoms with E-state index >= 15 is 0 Å². The van der Waals surface area contributed by atoms with Gasteiger partial charge in [0, 0.05) is 5.56 Å². The SMILES string of the molecule is CC(C)OC(=O)NC(=N)c1ccccc1. The Kier molecular flexibility index (Phi) is 3.85. The molecule has 0 heterocycles. The summed E-state index contributed by atoms with van der Waals surface area (Å²) in [7, 11) is 0. The largest absolute Gasteiger partial charge is 0.447 e. The summed E-state index contributed by atoms with van der Waals surface area (Å²) in [6.07, 6.45) is -0.785. The van der Waals surface area contributed by atoms with Gasteiger partial charge in [0.05, 0.1) is 6.10 Å². The molecule has 0 unspecified atom stereocenters. The van der Waals surface area contributed by atoms with Gasteiger partial charge in [-0.25, -0.2) is 4.79 Å². The third-order valence-electron chi connectivity index (χ3n) is 1.63. The predicted octanol–water partition coefficient (Wildman–Crippen LogP) is 2.15. The molecule has 0 aliphatic rings. The summed E-state index contributed by atoms with van der Waals surface area (Å²) in [5, 5.41) is 9.94. The summed E-state index contributed by atoms with van der Waals surface area (Å²) in [6, 6.07) is 8.96. The second kappa shape index (κ2) is 5.14. The van der Waals surface area contributed by atoms with Crippen LogP contribution in [0.3, 0.4) is 0 Å². The average Bonchev–Trinajstić information content (AvgIpc) is 2.17. The number of carbonyl (C=O) groups excluding carboxylic acids is 1. The first-order valence-electron chi connectivity index (χ1n) is 4.71. The van der Waals surface area contributed by atoms with Gasteiger partial charge in [-0.15, -0.1) is 0 Å². The lowest BCUT2D eigenvalue weighted by Crippen LogP contribution is -2.32. The first kappa shape index (κ1) is 11.2. The van der Waals surface area contributed by atoms with Crippen LogP contribution in [0.5, 0.6) is 0 Å². The molecule has 80 valence electrons. The van der Waals surface area contributed by atoms with Crippen molar-refractivity contribution in [2.24, 2.45) is 0 Å². The first-order chi connectivity index (χ1) is 7.09. The zero-order valence-electron chi connectivity index (χ0n) is 8.78. The van der Waals surface area contributed by atoms with Gasteiger partial charge in [0.1, 0.15) is 5.84 Å². The number of benzene rings is 1. The Labute approximate surface area is 88.8 Å². The highest BCUT2D eigenvalue weighted by atomic mass is 16.6. The fraction of sp³-hybridized carbons (Fsp3) is 0.273. The summed E-state index contributed by atoms with van der Waals surface area (Å²) in [4.78, 5) is 11.2. The van der Waals surface area contributed by atoms with Gasteiger partial charge in [0.15, 0.2) is 0 Å². The molecule has 0 atom stereocenters. The van der Waals surface area contributed by atoms with Crippen LogP contribution in [0.15, 0.2) is 30.3 Å². The molecule has 1 rings (SSSR count). The number of hydrogen-bond donors (Lipinski definition) is 2. The monoisotopic (exact) mass is 206 g/mol. The zero-order valence-corrected chi connectivity index (χ0v) is 8.78. The molecular weight excluding hydrogens is 192 g/mol. The molecule has 0 aliphatic carbocycles. The second-order valence-electron chi connectivity index (χ2n) is 3.32. The molecule has 0 aliphatic heterocycles. The maximum atomic E-state index is 11.2. The van der Waals surface area contributed by atoms with Crippen molar-refractivity contribution in [3.05, 3.63) is 35.9 Å². The molecular formula is C11H14N2O2. The molecule has 0 fully saturated rings. The number of amides is 1. The zero-order chi connectivity index (χ0) is 11.3. The fourth-order valence-corrected chi connectivity index (χ4v) is 1.02. The van der Waals surface area contributed by atoms with E-state index < -0.39 is 6.09 Å². The Morgan fingerprint density at radius 3 is 2.47 bits per heavy atom. The van der Waals surface area contributed by atoms with Crippen molar-refractivity contribution < 1.29 is 9.53 Å². The Balaban J connectivity index is 2.53. The van der Waals surface area contributed by atoms with Crippen LogP contribution in [0.25, 0.3) is 0 Å². The fourth-order valence-electron chi connectivity index (χ4n) is 1.02. The van der Waals surface area contributed by atoms with Crippen molar-refractivity contribution in [1.29, 1.82) is 5.41 Å². The van der Waals surface area contributed by atoms with Crippen LogP contribution in [-0.4, -0.2) is 18.0 Å². The summed E-state index contributed by atoms with van der Waals surface area (Å²) >= 11 is 0. The number of carbonyl (C=O) groups is 1. The van der Waals surface area contributed by atoms with Crippen molar-refractivity contribution in [1.82, 2.24) is 5.32 Å². The molecule has 4 heteroatoms.